The molecule has 9 unspecified atom stereocenters. The molecular formula is C17H28N2O14P2. The molecule has 1 aromatic rings. The summed E-state index contributed by atoms with van der Waals surface area (Å²) in [6.45, 7) is 3.30. The Morgan fingerprint density at radius 3 is 2.51 bits per heavy atom. The van der Waals surface area contributed by atoms with Gasteiger partial charge >= 0.3 is 21.3 Å². The fourth-order valence-electron chi connectivity index (χ4n) is 3.71. The van der Waals surface area contributed by atoms with E-state index >= 15 is 0 Å². The van der Waals surface area contributed by atoms with Crippen LogP contribution in [0.3, 0.4) is 0 Å². The summed E-state index contributed by atoms with van der Waals surface area (Å²) in [6.07, 6.45) is -6.73. The molecule has 2 fully saturated rings. The molecule has 2 aliphatic rings. The van der Waals surface area contributed by atoms with Gasteiger partial charge in [0.05, 0.1) is 24.4 Å². The summed E-state index contributed by atoms with van der Waals surface area (Å²) in [5.74, 6) is 0. The van der Waals surface area contributed by atoms with Crippen LogP contribution in [-0.2, 0) is 32.0 Å². The summed E-state index contributed by atoms with van der Waals surface area (Å²) in [5.41, 5.74) is -2.91. The van der Waals surface area contributed by atoms with Crippen LogP contribution in [0.5, 0.6) is 0 Å². The fourth-order valence-corrected chi connectivity index (χ4v) is 5.86. The molecule has 2 saturated heterocycles. The predicted molar refractivity (Wildman–Crippen MR) is 114 cm³/mol. The van der Waals surface area contributed by atoms with Crippen molar-refractivity contribution in [2.24, 2.45) is 0 Å². The molecule has 0 spiro atoms. The molecule has 9 atom stereocenters. The quantitative estimate of drug-likeness (QED) is 0.214. The summed E-state index contributed by atoms with van der Waals surface area (Å²) < 4.78 is 49.7. The second kappa shape index (κ2) is 10.2. The van der Waals surface area contributed by atoms with E-state index < -0.39 is 82.5 Å². The Morgan fingerprint density at radius 1 is 1.23 bits per heavy atom. The SMILES string of the molecule is Cc1cn(C2CC(O)C(COP(=O)(O)OP(=O)(O)OC3CC(C)(O)C(O)C(C)O3)O2)c(=O)[nH]c1=O. The van der Waals surface area contributed by atoms with Gasteiger partial charge in [0, 0.05) is 24.6 Å². The van der Waals surface area contributed by atoms with Gasteiger partial charge in [-0.25, -0.2) is 13.9 Å². The maximum absolute atomic E-state index is 12.2. The topological polar surface area (TPSA) is 236 Å². The number of nitrogens with zero attached hydrogens (tertiary/aromatic N) is 1. The largest absolute Gasteiger partial charge is 0.483 e. The molecule has 0 bridgehead atoms. The molecule has 0 aliphatic carbocycles. The first-order chi connectivity index (χ1) is 16.0. The average Bonchev–Trinajstić information content (AvgIpc) is 3.06. The van der Waals surface area contributed by atoms with Gasteiger partial charge in [-0.2, -0.15) is 4.31 Å². The molecule has 3 heterocycles. The number of ether oxygens (including phenoxy) is 2. The van der Waals surface area contributed by atoms with E-state index in [9.17, 15) is 43.8 Å². The Labute approximate surface area is 198 Å². The van der Waals surface area contributed by atoms with Gasteiger partial charge in [-0.3, -0.25) is 23.4 Å². The molecule has 2 aliphatic heterocycles. The molecule has 0 radical (unpaired) electrons. The highest BCUT2D eigenvalue weighted by atomic mass is 31.3. The van der Waals surface area contributed by atoms with Crippen molar-refractivity contribution in [3.8, 4) is 0 Å². The Kier molecular flexibility index (Phi) is 8.29. The van der Waals surface area contributed by atoms with E-state index in [-0.39, 0.29) is 12.0 Å². The van der Waals surface area contributed by atoms with Gasteiger partial charge in [-0.15, -0.1) is 0 Å². The summed E-state index contributed by atoms with van der Waals surface area (Å²) in [7, 11) is -10.5. The number of aliphatic hydroxyl groups is 3. The van der Waals surface area contributed by atoms with Gasteiger partial charge in [0.25, 0.3) is 5.56 Å². The zero-order valence-corrected chi connectivity index (χ0v) is 20.7. The molecule has 35 heavy (non-hydrogen) atoms. The molecule has 1 aromatic heterocycles. The number of rotatable bonds is 8. The van der Waals surface area contributed by atoms with Crippen molar-refractivity contribution in [1.82, 2.24) is 9.55 Å². The summed E-state index contributed by atoms with van der Waals surface area (Å²) in [6, 6.07) is 0. The zero-order chi connectivity index (χ0) is 26.3. The van der Waals surface area contributed by atoms with Crippen LogP contribution in [-0.4, -0.2) is 77.6 Å². The number of aromatic amines is 1. The van der Waals surface area contributed by atoms with Gasteiger partial charge < -0.3 is 34.6 Å². The van der Waals surface area contributed by atoms with Crippen molar-refractivity contribution in [3.63, 3.8) is 0 Å². The molecule has 200 valence electrons. The van der Waals surface area contributed by atoms with Crippen LogP contribution in [0.1, 0.15) is 38.5 Å². The van der Waals surface area contributed by atoms with Crippen LogP contribution >= 0.6 is 15.6 Å². The van der Waals surface area contributed by atoms with E-state index in [1.807, 2.05) is 0 Å². The minimum atomic E-state index is -5.28. The van der Waals surface area contributed by atoms with Crippen molar-refractivity contribution < 1.29 is 57.1 Å². The van der Waals surface area contributed by atoms with E-state index in [0.29, 0.717) is 0 Å². The number of aromatic nitrogens is 2. The Bertz CT molecular complexity index is 1130. The van der Waals surface area contributed by atoms with Gasteiger partial charge in [-0.1, -0.05) is 0 Å². The third-order valence-electron chi connectivity index (χ3n) is 5.55. The Morgan fingerprint density at radius 2 is 1.89 bits per heavy atom. The first-order valence-corrected chi connectivity index (χ1v) is 13.4. The summed E-state index contributed by atoms with van der Waals surface area (Å²) in [4.78, 5) is 45.3. The zero-order valence-electron chi connectivity index (χ0n) is 18.9. The van der Waals surface area contributed by atoms with E-state index in [0.717, 1.165) is 4.57 Å². The van der Waals surface area contributed by atoms with E-state index in [1.165, 1.54) is 27.0 Å². The van der Waals surface area contributed by atoms with Crippen molar-refractivity contribution in [2.45, 2.75) is 76.1 Å². The standard InChI is InChI=1S/C17H28N2O14P2/c1-8-6-19(16(23)18-15(8)22)12-4-10(20)11(31-12)7-29-34(25,26)33-35(27,28)32-13-5-17(3,24)14(21)9(2)30-13/h6,9-14,20-21,24H,4-5,7H2,1-3H3,(H,25,26)(H,27,28)(H,18,22,23). The highest BCUT2D eigenvalue weighted by Gasteiger charge is 2.47. The maximum atomic E-state index is 12.2. The smallest absolute Gasteiger partial charge is 0.390 e. The van der Waals surface area contributed by atoms with Gasteiger partial charge in [0.2, 0.25) is 0 Å². The second-order valence-electron chi connectivity index (χ2n) is 8.61. The summed E-state index contributed by atoms with van der Waals surface area (Å²) >= 11 is 0. The second-order valence-corrected chi connectivity index (χ2v) is 11.6. The lowest BCUT2D eigenvalue weighted by Gasteiger charge is -2.41. The Balaban J connectivity index is 1.58. The molecule has 16 nitrogen and oxygen atoms in total. The monoisotopic (exact) mass is 546 g/mol. The maximum Gasteiger partial charge on any atom is 0.483 e. The highest BCUT2D eigenvalue weighted by Crippen LogP contribution is 2.61. The lowest BCUT2D eigenvalue weighted by molar-refractivity contribution is -0.251. The minimum Gasteiger partial charge on any atom is -0.390 e. The van der Waals surface area contributed by atoms with Crippen LogP contribution in [0.2, 0.25) is 0 Å². The minimum absolute atomic E-state index is 0.124. The first-order valence-electron chi connectivity index (χ1n) is 10.4. The predicted octanol–water partition coefficient (Wildman–Crippen LogP) is -1.01. The van der Waals surface area contributed by atoms with E-state index in [2.05, 4.69) is 13.8 Å². The van der Waals surface area contributed by atoms with Crippen molar-refractivity contribution >= 4 is 15.6 Å². The van der Waals surface area contributed by atoms with Crippen LogP contribution in [0.25, 0.3) is 0 Å². The van der Waals surface area contributed by atoms with Crippen LogP contribution in [0.4, 0.5) is 0 Å². The van der Waals surface area contributed by atoms with Gasteiger partial charge in [0.15, 0.2) is 6.29 Å². The van der Waals surface area contributed by atoms with Gasteiger partial charge in [0.1, 0.15) is 18.4 Å². The van der Waals surface area contributed by atoms with E-state index in [1.54, 1.807) is 0 Å². The molecule has 0 amide bonds. The third kappa shape index (κ3) is 6.95. The molecule has 6 N–H and O–H groups in total. The van der Waals surface area contributed by atoms with Crippen molar-refractivity contribution in [3.05, 3.63) is 32.6 Å². The van der Waals surface area contributed by atoms with Crippen molar-refractivity contribution in [1.29, 1.82) is 0 Å². The number of hydrogen-bond donors (Lipinski definition) is 6. The van der Waals surface area contributed by atoms with Crippen LogP contribution in [0.15, 0.2) is 15.8 Å². The van der Waals surface area contributed by atoms with E-state index in [4.69, 9.17) is 14.0 Å². The van der Waals surface area contributed by atoms with Gasteiger partial charge in [-0.05, 0) is 20.8 Å². The number of H-pyrrole nitrogens is 1. The molecule has 0 aromatic carbocycles. The molecular weight excluding hydrogens is 518 g/mol. The fraction of sp³-hybridized carbons (Fsp3) is 0.765. The third-order valence-corrected chi connectivity index (χ3v) is 8.18. The number of phosphoric acid groups is 2. The number of aryl methyl sites for hydroxylation is 1. The highest BCUT2D eigenvalue weighted by molar-refractivity contribution is 7.61. The number of aliphatic hydroxyl groups excluding tert-OH is 2. The van der Waals surface area contributed by atoms with Crippen LogP contribution in [0, 0.1) is 6.92 Å². The normalized spacial score (nSPS) is 37.0. The Hall–Kier alpha value is -1.26. The summed E-state index contributed by atoms with van der Waals surface area (Å²) in [5, 5.41) is 30.2. The molecule has 0 saturated carbocycles. The lowest BCUT2D eigenvalue weighted by Crippen LogP contribution is -2.54. The lowest BCUT2D eigenvalue weighted by atomic mass is 9.89. The number of hydrogen-bond acceptors (Lipinski definition) is 12. The number of phosphoric ester groups is 2. The molecule has 3 rings (SSSR count). The number of nitrogens with one attached hydrogen (secondary N) is 1. The van der Waals surface area contributed by atoms with Crippen molar-refractivity contribution in [2.75, 3.05) is 6.61 Å². The average molecular weight is 546 g/mol. The molecule has 18 heteroatoms. The first kappa shape index (κ1) is 28.3. The van der Waals surface area contributed by atoms with Crippen LogP contribution < -0.4 is 11.2 Å².